The molecule has 3 rings (SSSR count). The fourth-order valence-electron chi connectivity index (χ4n) is 2.49. The summed E-state index contributed by atoms with van der Waals surface area (Å²) < 4.78 is 42.2. The molecular formula is C18H16F3N3OS. The van der Waals surface area contributed by atoms with Gasteiger partial charge in [-0.1, -0.05) is 19.9 Å². The second-order valence-corrected chi connectivity index (χ2v) is 6.96. The molecular weight excluding hydrogens is 363 g/mol. The highest BCUT2D eigenvalue weighted by Crippen LogP contribution is 2.23. The van der Waals surface area contributed by atoms with Crippen molar-refractivity contribution in [1.82, 2.24) is 9.55 Å². The molecule has 0 aliphatic rings. The van der Waals surface area contributed by atoms with Crippen LogP contribution in [0.25, 0.3) is 0 Å². The van der Waals surface area contributed by atoms with Crippen molar-refractivity contribution in [2.75, 3.05) is 5.32 Å². The first-order valence-electron chi connectivity index (χ1n) is 7.90. The van der Waals surface area contributed by atoms with E-state index in [1.807, 2.05) is 13.8 Å². The predicted molar refractivity (Wildman–Crippen MR) is 94.0 cm³/mol. The summed E-state index contributed by atoms with van der Waals surface area (Å²) in [7, 11) is 0. The Labute approximate surface area is 152 Å². The Balaban J connectivity index is 1.95. The number of nitrogens with one attached hydrogen (secondary N) is 1. The summed E-state index contributed by atoms with van der Waals surface area (Å²) in [5.41, 5.74) is 1.11. The van der Waals surface area contributed by atoms with Crippen LogP contribution in [0, 0.1) is 17.5 Å². The van der Waals surface area contributed by atoms with Crippen molar-refractivity contribution >= 4 is 22.4 Å². The maximum Gasteiger partial charge on any atom is 0.274 e. The quantitative estimate of drug-likeness (QED) is 0.648. The Morgan fingerprint density at radius 2 is 2.04 bits per heavy atom. The van der Waals surface area contributed by atoms with Gasteiger partial charge in [0.2, 0.25) is 0 Å². The minimum Gasteiger partial charge on any atom is -0.339 e. The molecule has 0 radical (unpaired) electrons. The van der Waals surface area contributed by atoms with Gasteiger partial charge in [0.25, 0.3) is 5.91 Å². The summed E-state index contributed by atoms with van der Waals surface area (Å²) in [4.78, 5) is 16.6. The van der Waals surface area contributed by atoms with Crippen LogP contribution < -0.4 is 5.32 Å². The Morgan fingerprint density at radius 3 is 2.69 bits per heavy atom. The molecule has 1 aromatic carbocycles. The van der Waals surface area contributed by atoms with Crippen LogP contribution in [0.3, 0.4) is 0 Å². The smallest absolute Gasteiger partial charge is 0.274 e. The molecule has 0 atom stereocenters. The first-order chi connectivity index (χ1) is 12.4. The fraction of sp³-hybridized carbons (Fsp3) is 0.222. The van der Waals surface area contributed by atoms with Gasteiger partial charge in [-0.15, -0.1) is 11.3 Å². The lowest BCUT2D eigenvalue weighted by Gasteiger charge is -2.10. The molecule has 0 fully saturated rings. The highest BCUT2D eigenvalue weighted by molar-refractivity contribution is 7.13. The number of benzene rings is 1. The lowest BCUT2D eigenvalue weighted by molar-refractivity contribution is 0.101. The Kier molecular flexibility index (Phi) is 5.13. The summed E-state index contributed by atoms with van der Waals surface area (Å²) in [6.45, 7) is 3.82. The van der Waals surface area contributed by atoms with E-state index in [0.717, 1.165) is 11.6 Å². The number of hydrogen-bond acceptors (Lipinski definition) is 3. The van der Waals surface area contributed by atoms with Crippen LogP contribution in [-0.4, -0.2) is 15.5 Å². The number of aromatic nitrogens is 2. The van der Waals surface area contributed by atoms with Gasteiger partial charge in [-0.2, -0.15) is 0 Å². The van der Waals surface area contributed by atoms with Crippen LogP contribution in [0.15, 0.2) is 36.0 Å². The maximum atomic E-state index is 14.0. The van der Waals surface area contributed by atoms with Crippen LogP contribution in [0.5, 0.6) is 0 Å². The summed E-state index contributed by atoms with van der Waals surface area (Å²) in [6, 6.07) is 3.74. The molecule has 136 valence electrons. The van der Waals surface area contributed by atoms with Crippen LogP contribution in [-0.2, 0) is 6.54 Å². The number of carbonyl (C=O) groups is 1. The standard InChI is InChI=1S/C18H16F3N3OS/c1-10(2)12-7-14(17(25)23-18-22-5-6-26-18)24(9-12)8-11-3-4-13(19)16(21)15(11)20/h3-7,9-10H,8H2,1-2H3,(H,22,23,25). The minimum atomic E-state index is -1.52. The van der Waals surface area contributed by atoms with Crippen molar-refractivity contribution in [1.29, 1.82) is 0 Å². The fourth-order valence-corrected chi connectivity index (χ4v) is 3.01. The van der Waals surface area contributed by atoms with Crippen molar-refractivity contribution in [2.45, 2.75) is 26.3 Å². The summed E-state index contributed by atoms with van der Waals surface area (Å²) >= 11 is 1.27. The summed E-state index contributed by atoms with van der Waals surface area (Å²) in [6.07, 6.45) is 3.28. The monoisotopic (exact) mass is 379 g/mol. The predicted octanol–water partition coefficient (Wildman–Crippen LogP) is 4.79. The average Bonchev–Trinajstić information content (AvgIpc) is 3.25. The van der Waals surface area contributed by atoms with Crippen molar-refractivity contribution in [2.24, 2.45) is 0 Å². The zero-order chi connectivity index (χ0) is 18.8. The number of nitrogens with zero attached hydrogens (tertiary/aromatic N) is 2. The molecule has 3 aromatic rings. The number of rotatable bonds is 5. The molecule has 2 heterocycles. The van der Waals surface area contributed by atoms with E-state index >= 15 is 0 Å². The van der Waals surface area contributed by atoms with Gasteiger partial charge in [-0.3, -0.25) is 10.1 Å². The number of anilines is 1. The molecule has 0 bridgehead atoms. The molecule has 1 amide bonds. The van der Waals surface area contributed by atoms with Crippen LogP contribution in [0.2, 0.25) is 0 Å². The van der Waals surface area contributed by atoms with E-state index in [1.165, 1.54) is 22.0 Å². The molecule has 0 unspecified atom stereocenters. The van der Waals surface area contributed by atoms with E-state index in [1.54, 1.807) is 23.8 Å². The van der Waals surface area contributed by atoms with Crippen molar-refractivity contribution in [3.8, 4) is 0 Å². The minimum absolute atomic E-state index is 0.0434. The van der Waals surface area contributed by atoms with E-state index in [2.05, 4.69) is 10.3 Å². The van der Waals surface area contributed by atoms with Gasteiger partial charge in [0, 0.05) is 23.3 Å². The van der Waals surface area contributed by atoms with Crippen molar-refractivity contribution in [3.05, 3.63) is 70.2 Å². The zero-order valence-corrected chi connectivity index (χ0v) is 14.9. The van der Waals surface area contributed by atoms with Gasteiger partial charge in [-0.25, -0.2) is 18.2 Å². The number of carbonyl (C=O) groups excluding carboxylic acids is 1. The lowest BCUT2D eigenvalue weighted by atomic mass is 10.1. The van der Waals surface area contributed by atoms with Crippen LogP contribution in [0.4, 0.5) is 18.3 Å². The molecule has 2 aromatic heterocycles. The van der Waals surface area contributed by atoms with Gasteiger partial charge >= 0.3 is 0 Å². The topological polar surface area (TPSA) is 46.9 Å². The SMILES string of the molecule is CC(C)c1cc(C(=O)Nc2nccs2)n(Cc2ccc(F)c(F)c2F)c1. The largest absolute Gasteiger partial charge is 0.339 e. The van der Waals surface area contributed by atoms with E-state index < -0.39 is 23.4 Å². The summed E-state index contributed by atoms with van der Waals surface area (Å²) in [5.74, 6) is -4.29. The second-order valence-electron chi connectivity index (χ2n) is 6.07. The third-order valence-corrected chi connectivity index (χ3v) is 4.61. The number of hydrogen-bond donors (Lipinski definition) is 1. The third-order valence-electron chi connectivity index (χ3n) is 3.93. The van der Waals surface area contributed by atoms with Gasteiger partial charge in [-0.05, 0) is 23.6 Å². The molecule has 4 nitrogen and oxygen atoms in total. The molecule has 0 aliphatic heterocycles. The molecule has 0 saturated heterocycles. The van der Waals surface area contributed by atoms with Gasteiger partial charge in [0.15, 0.2) is 22.6 Å². The number of amides is 1. The van der Waals surface area contributed by atoms with Crippen LogP contribution in [0.1, 0.15) is 41.4 Å². The zero-order valence-electron chi connectivity index (χ0n) is 14.1. The Hall–Kier alpha value is -2.61. The molecule has 0 spiro atoms. The first kappa shape index (κ1) is 18.2. The molecule has 0 aliphatic carbocycles. The maximum absolute atomic E-state index is 14.0. The van der Waals surface area contributed by atoms with Gasteiger partial charge in [0.05, 0.1) is 6.54 Å². The van der Waals surface area contributed by atoms with E-state index in [0.29, 0.717) is 5.13 Å². The van der Waals surface area contributed by atoms with E-state index in [4.69, 9.17) is 0 Å². The Morgan fingerprint density at radius 1 is 1.27 bits per heavy atom. The lowest BCUT2D eigenvalue weighted by Crippen LogP contribution is -2.17. The molecule has 26 heavy (non-hydrogen) atoms. The van der Waals surface area contributed by atoms with Gasteiger partial charge < -0.3 is 4.57 Å². The van der Waals surface area contributed by atoms with Gasteiger partial charge in [0.1, 0.15) is 5.69 Å². The molecule has 8 heteroatoms. The third kappa shape index (κ3) is 3.65. The highest BCUT2D eigenvalue weighted by Gasteiger charge is 2.19. The molecule has 0 saturated carbocycles. The normalized spacial score (nSPS) is 11.2. The van der Waals surface area contributed by atoms with E-state index in [-0.39, 0.29) is 23.7 Å². The van der Waals surface area contributed by atoms with E-state index in [9.17, 15) is 18.0 Å². The molecule has 1 N–H and O–H groups in total. The highest BCUT2D eigenvalue weighted by atomic mass is 32.1. The van der Waals surface area contributed by atoms with Crippen LogP contribution >= 0.6 is 11.3 Å². The van der Waals surface area contributed by atoms with Crippen molar-refractivity contribution in [3.63, 3.8) is 0 Å². The average molecular weight is 379 g/mol. The first-order valence-corrected chi connectivity index (χ1v) is 8.78. The Bertz CT molecular complexity index is 936. The summed E-state index contributed by atoms with van der Waals surface area (Å²) in [5, 5.41) is 4.84. The number of halogens is 3. The van der Waals surface area contributed by atoms with Crippen molar-refractivity contribution < 1.29 is 18.0 Å². The second kappa shape index (κ2) is 7.33. The number of thiazole rings is 1.